The van der Waals surface area contributed by atoms with Crippen LogP contribution in [0.5, 0.6) is 5.75 Å². The Morgan fingerprint density at radius 2 is 2.11 bits per heavy atom. The molecule has 1 aromatic carbocycles. The van der Waals surface area contributed by atoms with Gasteiger partial charge in [0.1, 0.15) is 5.75 Å². The molecule has 1 unspecified atom stereocenters. The van der Waals surface area contributed by atoms with Crippen molar-refractivity contribution in [3.63, 3.8) is 0 Å². The zero-order valence-corrected chi connectivity index (χ0v) is 12.9. The smallest absolute Gasteiger partial charge is 0.140 e. The third kappa shape index (κ3) is 3.67. The number of benzene rings is 1. The van der Waals surface area contributed by atoms with E-state index in [1.165, 1.54) is 6.07 Å². The predicted molar refractivity (Wildman–Crippen MR) is 78.4 cm³/mol. The molecule has 0 aliphatic carbocycles. The summed E-state index contributed by atoms with van der Waals surface area (Å²) < 4.78 is 5.58. The van der Waals surface area contributed by atoms with Gasteiger partial charge in [-0.1, -0.05) is 34.8 Å². The maximum Gasteiger partial charge on any atom is 0.140 e. The van der Waals surface area contributed by atoms with Gasteiger partial charge in [-0.25, -0.2) is 0 Å². The molecule has 0 saturated carbocycles. The molecule has 0 amide bonds. The van der Waals surface area contributed by atoms with E-state index in [9.17, 15) is 5.11 Å². The lowest BCUT2D eigenvalue weighted by molar-refractivity contribution is 0.0791. The molecule has 1 fully saturated rings. The van der Waals surface area contributed by atoms with Gasteiger partial charge in [-0.15, -0.1) is 0 Å². The average molecular weight is 325 g/mol. The van der Waals surface area contributed by atoms with Crippen molar-refractivity contribution in [1.82, 2.24) is 4.90 Å². The second kappa shape index (κ2) is 6.51. The Labute approximate surface area is 128 Å². The molecular weight excluding hydrogens is 309 g/mol. The van der Waals surface area contributed by atoms with Gasteiger partial charge < -0.3 is 9.84 Å². The van der Waals surface area contributed by atoms with Gasteiger partial charge in [-0.05, 0) is 26.0 Å². The molecule has 2 rings (SSSR count). The Kier molecular flexibility index (Phi) is 5.21. The molecule has 1 saturated heterocycles. The van der Waals surface area contributed by atoms with E-state index in [2.05, 4.69) is 0 Å². The maximum atomic E-state index is 9.98. The van der Waals surface area contributed by atoms with Gasteiger partial charge in [0.2, 0.25) is 0 Å². The van der Waals surface area contributed by atoms with Crippen LogP contribution in [0.3, 0.4) is 0 Å². The van der Waals surface area contributed by atoms with Crippen LogP contribution < -0.4 is 0 Å². The van der Waals surface area contributed by atoms with Gasteiger partial charge in [-0.2, -0.15) is 0 Å². The molecule has 0 spiro atoms. The fraction of sp³-hybridized carbons (Fsp3) is 0.538. The van der Waals surface area contributed by atoms with Crippen molar-refractivity contribution in [3.8, 4) is 5.75 Å². The molecule has 1 N–H and O–H groups in total. The Balaban J connectivity index is 2.09. The lowest BCUT2D eigenvalue weighted by Crippen LogP contribution is -2.28. The van der Waals surface area contributed by atoms with Crippen LogP contribution in [0.15, 0.2) is 6.07 Å². The number of aromatic hydroxyl groups is 1. The molecule has 1 aromatic rings. The summed E-state index contributed by atoms with van der Waals surface area (Å²) in [7, 11) is 1.95. The minimum absolute atomic E-state index is 0.00439. The molecule has 1 heterocycles. The highest BCUT2D eigenvalue weighted by Gasteiger charge is 2.20. The second-order valence-electron chi connectivity index (χ2n) is 4.81. The molecule has 0 bridgehead atoms. The van der Waals surface area contributed by atoms with E-state index in [0.717, 1.165) is 26.0 Å². The fourth-order valence-corrected chi connectivity index (χ4v) is 2.96. The lowest BCUT2D eigenvalue weighted by atomic mass is 10.1. The third-order valence-corrected chi connectivity index (χ3v) is 4.32. The van der Waals surface area contributed by atoms with Crippen molar-refractivity contribution in [3.05, 3.63) is 26.7 Å². The van der Waals surface area contributed by atoms with Gasteiger partial charge >= 0.3 is 0 Å². The fourth-order valence-electron chi connectivity index (χ4n) is 2.25. The highest BCUT2D eigenvalue weighted by atomic mass is 35.5. The minimum Gasteiger partial charge on any atom is -0.506 e. The van der Waals surface area contributed by atoms with Crippen LogP contribution in [-0.4, -0.2) is 36.3 Å². The number of halogens is 3. The topological polar surface area (TPSA) is 32.7 Å². The summed E-state index contributed by atoms with van der Waals surface area (Å²) in [6.45, 7) is 2.10. The summed E-state index contributed by atoms with van der Waals surface area (Å²) in [4.78, 5) is 2.05. The summed E-state index contributed by atoms with van der Waals surface area (Å²) in [6.07, 6.45) is 2.42. The molecular formula is C13H16Cl3NO2. The highest BCUT2D eigenvalue weighted by Crippen LogP contribution is 2.38. The van der Waals surface area contributed by atoms with Crippen molar-refractivity contribution in [1.29, 1.82) is 0 Å². The van der Waals surface area contributed by atoms with E-state index in [1.54, 1.807) is 0 Å². The van der Waals surface area contributed by atoms with Crippen LogP contribution in [0.25, 0.3) is 0 Å². The first kappa shape index (κ1) is 15.2. The zero-order chi connectivity index (χ0) is 14.0. The van der Waals surface area contributed by atoms with E-state index in [-0.39, 0.29) is 16.9 Å². The number of phenols is 1. The molecule has 19 heavy (non-hydrogen) atoms. The van der Waals surface area contributed by atoms with Crippen LogP contribution >= 0.6 is 34.8 Å². The van der Waals surface area contributed by atoms with E-state index < -0.39 is 0 Å². The molecule has 1 atom stereocenters. The summed E-state index contributed by atoms with van der Waals surface area (Å²) in [5.74, 6) is -0.00439. The average Bonchev–Trinajstić information content (AvgIpc) is 2.85. The first-order chi connectivity index (χ1) is 8.99. The number of likely N-dealkylation sites (N-methyl/N-ethyl adjacent to an activating group) is 1. The van der Waals surface area contributed by atoms with Crippen molar-refractivity contribution in [2.24, 2.45) is 0 Å². The normalized spacial score (nSPS) is 19.3. The molecule has 3 nitrogen and oxygen atoms in total. The Hall–Kier alpha value is -0.190. The van der Waals surface area contributed by atoms with E-state index in [4.69, 9.17) is 39.5 Å². The van der Waals surface area contributed by atoms with Gasteiger partial charge in [0, 0.05) is 25.3 Å². The monoisotopic (exact) mass is 323 g/mol. The van der Waals surface area contributed by atoms with Crippen LogP contribution in [0.1, 0.15) is 18.4 Å². The molecule has 0 radical (unpaired) electrons. The largest absolute Gasteiger partial charge is 0.506 e. The molecule has 106 valence electrons. The van der Waals surface area contributed by atoms with E-state index in [0.29, 0.717) is 22.2 Å². The Bertz CT molecular complexity index is 435. The third-order valence-electron chi connectivity index (χ3n) is 3.21. The number of nitrogens with zero attached hydrogens (tertiary/aromatic N) is 1. The SMILES string of the molecule is CN(Cc1c(O)c(Cl)cc(Cl)c1Cl)CC1CCCO1. The van der Waals surface area contributed by atoms with Crippen LogP contribution in [0.2, 0.25) is 15.1 Å². The maximum absolute atomic E-state index is 9.98. The van der Waals surface area contributed by atoms with E-state index >= 15 is 0 Å². The number of ether oxygens (including phenoxy) is 1. The van der Waals surface area contributed by atoms with Crippen LogP contribution in [-0.2, 0) is 11.3 Å². The van der Waals surface area contributed by atoms with E-state index in [1.807, 2.05) is 11.9 Å². The van der Waals surface area contributed by atoms with Crippen molar-refractivity contribution < 1.29 is 9.84 Å². The summed E-state index contributed by atoms with van der Waals surface area (Å²) in [6, 6.07) is 1.45. The summed E-state index contributed by atoms with van der Waals surface area (Å²) in [5, 5.41) is 10.9. The molecule has 0 aromatic heterocycles. The van der Waals surface area contributed by atoms with Crippen molar-refractivity contribution in [2.75, 3.05) is 20.2 Å². The Morgan fingerprint density at radius 3 is 2.74 bits per heavy atom. The van der Waals surface area contributed by atoms with Gasteiger partial charge in [0.15, 0.2) is 0 Å². The number of rotatable bonds is 4. The molecule has 1 aliphatic rings. The van der Waals surface area contributed by atoms with Crippen molar-refractivity contribution >= 4 is 34.8 Å². The second-order valence-corrected chi connectivity index (χ2v) is 6.01. The van der Waals surface area contributed by atoms with Gasteiger partial charge in [0.25, 0.3) is 0 Å². The first-order valence-electron chi connectivity index (χ1n) is 6.14. The number of hydrogen-bond donors (Lipinski definition) is 1. The molecule has 6 heteroatoms. The van der Waals surface area contributed by atoms with Gasteiger partial charge in [-0.3, -0.25) is 4.90 Å². The summed E-state index contributed by atoms with van der Waals surface area (Å²) in [5.41, 5.74) is 0.555. The van der Waals surface area contributed by atoms with Crippen LogP contribution in [0.4, 0.5) is 0 Å². The van der Waals surface area contributed by atoms with Crippen LogP contribution in [0, 0.1) is 0 Å². The number of phenolic OH excluding ortho intramolecular Hbond substituents is 1. The standard InChI is InChI=1S/C13H16Cl3NO2/c1-17(6-8-3-2-4-19-8)7-9-12(16)10(14)5-11(15)13(9)18/h5,8,18H,2-4,6-7H2,1H3. The zero-order valence-electron chi connectivity index (χ0n) is 10.6. The first-order valence-corrected chi connectivity index (χ1v) is 7.28. The minimum atomic E-state index is -0.00439. The quantitative estimate of drug-likeness (QED) is 0.851. The van der Waals surface area contributed by atoms with Gasteiger partial charge in [0.05, 0.1) is 21.2 Å². The summed E-state index contributed by atoms with van der Waals surface area (Å²) >= 11 is 18.0. The lowest BCUT2D eigenvalue weighted by Gasteiger charge is -2.22. The number of hydrogen-bond acceptors (Lipinski definition) is 3. The van der Waals surface area contributed by atoms with Crippen molar-refractivity contribution in [2.45, 2.75) is 25.5 Å². The highest BCUT2D eigenvalue weighted by molar-refractivity contribution is 6.44. The predicted octanol–water partition coefficient (Wildman–Crippen LogP) is 3.96. The Morgan fingerprint density at radius 1 is 1.37 bits per heavy atom. The molecule has 1 aliphatic heterocycles.